The predicted molar refractivity (Wildman–Crippen MR) is 58.9 cm³/mol. The number of hydroxylamine groups is 2. The van der Waals surface area contributed by atoms with Crippen LogP contribution in [0.4, 0.5) is 0 Å². The highest BCUT2D eigenvalue weighted by Crippen LogP contribution is 2.12. The van der Waals surface area contributed by atoms with Crippen molar-refractivity contribution in [2.45, 2.75) is 52.1 Å². The summed E-state index contributed by atoms with van der Waals surface area (Å²) in [4.78, 5) is 21.6. The van der Waals surface area contributed by atoms with E-state index in [1.54, 1.807) is 13.8 Å². The van der Waals surface area contributed by atoms with E-state index in [1.807, 2.05) is 0 Å². The van der Waals surface area contributed by atoms with E-state index in [4.69, 9.17) is 9.94 Å². The first-order chi connectivity index (χ1) is 7.41. The van der Waals surface area contributed by atoms with Crippen LogP contribution in [0.15, 0.2) is 0 Å². The second-order valence-electron chi connectivity index (χ2n) is 4.39. The quantitative estimate of drug-likeness (QED) is 0.227. The molecule has 0 aromatic rings. The van der Waals surface area contributed by atoms with Crippen molar-refractivity contribution in [3.05, 3.63) is 0 Å². The summed E-state index contributed by atoms with van der Waals surface area (Å²) in [6.45, 7) is 5.33. The SMILES string of the molecule is CCCCCC(=O)OC(C)(C)CN(O)C=O. The third-order valence-electron chi connectivity index (χ3n) is 2.04. The Labute approximate surface area is 96.3 Å². The van der Waals surface area contributed by atoms with E-state index in [-0.39, 0.29) is 18.9 Å². The van der Waals surface area contributed by atoms with Crippen LogP contribution in [0.25, 0.3) is 0 Å². The summed E-state index contributed by atoms with van der Waals surface area (Å²) in [7, 11) is 0. The Bertz CT molecular complexity index is 228. The molecule has 5 nitrogen and oxygen atoms in total. The summed E-state index contributed by atoms with van der Waals surface area (Å²) in [6, 6.07) is 0. The average Bonchev–Trinajstić information content (AvgIpc) is 2.16. The molecule has 5 heteroatoms. The van der Waals surface area contributed by atoms with Crippen LogP contribution >= 0.6 is 0 Å². The lowest BCUT2D eigenvalue weighted by atomic mass is 10.1. The second kappa shape index (κ2) is 7.22. The molecule has 0 aliphatic heterocycles. The van der Waals surface area contributed by atoms with Crippen molar-refractivity contribution in [3.63, 3.8) is 0 Å². The van der Waals surface area contributed by atoms with Gasteiger partial charge in [-0.1, -0.05) is 19.8 Å². The molecule has 0 aromatic heterocycles. The molecular formula is C11H21NO4. The van der Waals surface area contributed by atoms with Crippen molar-refractivity contribution in [1.82, 2.24) is 5.06 Å². The van der Waals surface area contributed by atoms with Gasteiger partial charge in [0.25, 0.3) is 0 Å². The first-order valence-electron chi connectivity index (χ1n) is 5.54. The lowest BCUT2D eigenvalue weighted by Gasteiger charge is -2.27. The largest absolute Gasteiger partial charge is 0.458 e. The number of carbonyl (C=O) groups excluding carboxylic acids is 2. The molecule has 16 heavy (non-hydrogen) atoms. The van der Waals surface area contributed by atoms with Crippen LogP contribution in [-0.2, 0) is 14.3 Å². The highest BCUT2D eigenvalue weighted by atomic mass is 16.6. The Morgan fingerprint density at radius 2 is 2.06 bits per heavy atom. The number of unbranched alkanes of at least 4 members (excludes halogenated alkanes) is 2. The molecule has 0 radical (unpaired) electrons. The topological polar surface area (TPSA) is 66.8 Å². The molecule has 0 heterocycles. The van der Waals surface area contributed by atoms with Crippen molar-refractivity contribution in [3.8, 4) is 0 Å². The molecule has 94 valence electrons. The molecule has 0 saturated carbocycles. The smallest absolute Gasteiger partial charge is 0.306 e. The summed E-state index contributed by atoms with van der Waals surface area (Å²) < 4.78 is 5.16. The van der Waals surface area contributed by atoms with Gasteiger partial charge in [0.2, 0.25) is 6.41 Å². The van der Waals surface area contributed by atoms with Crippen LogP contribution in [-0.4, -0.2) is 34.8 Å². The van der Waals surface area contributed by atoms with E-state index in [0.717, 1.165) is 19.3 Å². The van der Waals surface area contributed by atoms with Gasteiger partial charge in [-0.3, -0.25) is 14.8 Å². The van der Waals surface area contributed by atoms with E-state index in [9.17, 15) is 9.59 Å². The van der Waals surface area contributed by atoms with Crippen molar-refractivity contribution in [1.29, 1.82) is 0 Å². The zero-order chi connectivity index (χ0) is 12.6. The number of ether oxygens (including phenoxy) is 1. The first-order valence-corrected chi connectivity index (χ1v) is 5.54. The summed E-state index contributed by atoms with van der Waals surface area (Å²) in [5.74, 6) is -0.294. The Morgan fingerprint density at radius 3 is 2.56 bits per heavy atom. The number of amides is 1. The fourth-order valence-corrected chi connectivity index (χ4v) is 1.34. The minimum Gasteiger partial charge on any atom is -0.458 e. The number of rotatable bonds is 8. The third-order valence-corrected chi connectivity index (χ3v) is 2.04. The molecule has 0 rings (SSSR count). The van der Waals surface area contributed by atoms with Gasteiger partial charge >= 0.3 is 5.97 Å². The van der Waals surface area contributed by atoms with Gasteiger partial charge in [-0.25, -0.2) is 5.06 Å². The zero-order valence-electron chi connectivity index (χ0n) is 10.2. The summed E-state index contributed by atoms with van der Waals surface area (Å²) in [5.41, 5.74) is -0.862. The Balaban J connectivity index is 3.94. The molecular weight excluding hydrogens is 210 g/mol. The average molecular weight is 231 g/mol. The van der Waals surface area contributed by atoms with Crippen molar-refractivity contribution < 1.29 is 19.5 Å². The standard InChI is InChI=1S/C11H21NO4/c1-4-5-6-7-10(14)16-11(2,3)8-12(15)9-13/h9,15H,4-8H2,1-3H3. The minimum atomic E-state index is -0.862. The van der Waals surface area contributed by atoms with Crippen LogP contribution in [0.1, 0.15) is 46.5 Å². The number of carbonyl (C=O) groups is 2. The van der Waals surface area contributed by atoms with E-state index in [1.165, 1.54) is 0 Å². The van der Waals surface area contributed by atoms with Crippen LogP contribution in [0, 0.1) is 0 Å². The Kier molecular flexibility index (Phi) is 6.72. The number of esters is 1. The predicted octanol–water partition coefficient (Wildman–Crippen LogP) is 1.74. The molecule has 0 fully saturated rings. The van der Waals surface area contributed by atoms with Crippen molar-refractivity contribution in [2.75, 3.05) is 6.54 Å². The first kappa shape index (κ1) is 14.9. The fraction of sp³-hybridized carbons (Fsp3) is 0.818. The van der Waals surface area contributed by atoms with E-state index in [2.05, 4.69) is 6.92 Å². The number of nitrogens with zero attached hydrogens (tertiary/aromatic N) is 1. The van der Waals surface area contributed by atoms with Crippen LogP contribution < -0.4 is 0 Å². The summed E-state index contributed by atoms with van der Waals surface area (Å²) in [6.07, 6.45) is 3.51. The van der Waals surface area contributed by atoms with E-state index >= 15 is 0 Å². The third kappa shape index (κ3) is 7.23. The van der Waals surface area contributed by atoms with Gasteiger partial charge in [0, 0.05) is 6.42 Å². The Morgan fingerprint density at radius 1 is 1.44 bits per heavy atom. The molecule has 0 aliphatic rings. The van der Waals surface area contributed by atoms with Gasteiger partial charge in [0.1, 0.15) is 5.60 Å². The highest BCUT2D eigenvalue weighted by molar-refractivity contribution is 5.69. The molecule has 0 unspecified atom stereocenters. The summed E-state index contributed by atoms with van der Waals surface area (Å²) >= 11 is 0. The van der Waals surface area contributed by atoms with Crippen molar-refractivity contribution in [2.24, 2.45) is 0 Å². The maximum atomic E-state index is 11.4. The van der Waals surface area contributed by atoms with Gasteiger partial charge in [-0.05, 0) is 20.3 Å². The minimum absolute atomic E-state index is 0.0317. The van der Waals surface area contributed by atoms with Crippen LogP contribution in [0.3, 0.4) is 0 Å². The van der Waals surface area contributed by atoms with Gasteiger partial charge in [-0.2, -0.15) is 0 Å². The maximum Gasteiger partial charge on any atom is 0.306 e. The normalized spacial score (nSPS) is 11.0. The van der Waals surface area contributed by atoms with E-state index in [0.29, 0.717) is 11.5 Å². The van der Waals surface area contributed by atoms with Gasteiger partial charge in [0.05, 0.1) is 6.54 Å². The molecule has 0 aromatic carbocycles. The monoisotopic (exact) mass is 231 g/mol. The lowest BCUT2D eigenvalue weighted by Crippen LogP contribution is -2.40. The number of hydrogen-bond acceptors (Lipinski definition) is 4. The molecule has 1 N–H and O–H groups in total. The molecule has 1 amide bonds. The highest BCUT2D eigenvalue weighted by Gasteiger charge is 2.25. The van der Waals surface area contributed by atoms with Gasteiger partial charge in [0.15, 0.2) is 0 Å². The zero-order valence-corrected chi connectivity index (χ0v) is 10.2. The lowest BCUT2D eigenvalue weighted by molar-refractivity contribution is -0.177. The van der Waals surface area contributed by atoms with Crippen LogP contribution in [0.2, 0.25) is 0 Å². The van der Waals surface area contributed by atoms with E-state index < -0.39 is 5.60 Å². The van der Waals surface area contributed by atoms with Crippen molar-refractivity contribution >= 4 is 12.4 Å². The number of hydrogen-bond donors (Lipinski definition) is 1. The van der Waals surface area contributed by atoms with Gasteiger partial charge in [-0.15, -0.1) is 0 Å². The molecule has 0 aliphatic carbocycles. The molecule has 0 atom stereocenters. The Hall–Kier alpha value is -1.10. The van der Waals surface area contributed by atoms with Gasteiger partial charge < -0.3 is 4.74 Å². The maximum absolute atomic E-state index is 11.4. The van der Waals surface area contributed by atoms with Crippen LogP contribution in [0.5, 0.6) is 0 Å². The fourth-order valence-electron chi connectivity index (χ4n) is 1.34. The second-order valence-corrected chi connectivity index (χ2v) is 4.39. The molecule has 0 saturated heterocycles. The molecule has 0 spiro atoms. The summed E-state index contributed by atoms with van der Waals surface area (Å²) in [5, 5.41) is 9.47. The molecule has 0 bridgehead atoms.